The van der Waals surface area contributed by atoms with Crippen LogP contribution in [0, 0.1) is 0 Å². The van der Waals surface area contributed by atoms with Crippen molar-refractivity contribution in [2.45, 2.75) is 38.1 Å². The Morgan fingerprint density at radius 3 is 2.11 bits per heavy atom. The van der Waals surface area contributed by atoms with Crippen LogP contribution in [-0.2, 0) is 21.2 Å². The molecule has 0 fully saturated rings. The van der Waals surface area contributed by atoms with E-state index in [0.29, 0.717) is 18.8 Å². The number of carbonyl (C=O) groups excluding carboxylic acids is 1. The number of amides is 1. The van der Waals surface area contributed by atoms with Crippen molar-refractivity contribution >= 4 is 21.6 Å². The molecule has 0 saturated heterocycles. The summed E-state index contributed by atoms with van der Waals surface area (Å²) in [5.41, 5.74) is 8.04. The largest absolute Gasteiger partial charge is 0.399 e. The van der Waals surface area contributed by atoms with E-state index in [2.05, 4.69) is 5.32 Å². The maximum Gasteiger partial charge on any atom is 0.243 e. The molecule has 0 saturated carbocycles. The third-order valence-electron chi connectivity index (χ3n) is 4.45. The molecule has 2 aromatic rings. The van der Waals surface area contributed by atoms with E-state index in [0.717, 1.165) is 11.1 Å². The zero-order valence-corrected chi connectivity index (χ0v) is 16.8. The topological polar surface area (TPSA) is 92.5 Å². The number of sulfonamides is 1. The first-order valence-corrected chi connectivity index (χ1v) is 10.5. The molecule has 1 atom stereocenters. The van der Waals surface area contributed by atoms with Crippen LogP contribution in [0.15, 0.2) is 53.4 Å². The van der Waals surface area contributed by atoms with Crippen LogP contribution in [0.4, 0.5) is 5.69 Å². The number of benzene rings is 2. The van der Waals surface area contributed by atoms with Gasteiger partial charge < -0.3 is 11.1 Å². The molecule has 27 heavy (non-hydrogen) atoms. The molecule has 146 valence electrons. The van der Waals surface area contributed by atoms with Crippen LogP contribution in [-0.4, -0.2) is 31.7 Å². The van der Waals surface area contributed by atoms with Gasteiger partial charge in [0.25, 0.3) is 0 Å². The molecule has 0 aliphatic carbocycles. The van der Waals surface area contributed by atoms with E-state index in [1.165, 1.54) is 4.31 Å². The van der Waals surface area contributed by atoms with Gasteiger partial charge in [-0.3, -0.25) is 4.79 Å². The van der Waals surface area contributed by atoms with Gasteiger partial charge in [-0.1, -0.05) is 38.1 Å². The minimum absolute atomic E-state index is 0.105. The van der Waals surface area contributed by atoms with Gasteiger partial charge in [-0.05, 0) is 42.3 Å². The summed E-state index contributed by atoms with van der Waals surface area (Å²) in [5.74, 6) is -0.105. The summed E-state index contributed by atoms with van der Waals surface area (Å²) < 4.78 is 26.5. The molecule has 2 rings (SSSR count). The van der Waals surface area contributed by atoms with E-state index in [4.69, 9.17) is 5.73 Å². The minimum Gasteiger partial charge on any atom is -0.399 e. The second-order valence-electron chi connectivity index (χ2n) is 6.37. The summed E-state index contributed by atoms with van der Waals surface area (Å²) in [7, 11) is -3.48. The van der Waals surface area contributed by atoms with Crippen LogP contribution < -0.4 is 11.1 Å². The number of anilines is 1. The quantitative estimate of drug-likeness (QED) is 0.679. The van der Waals surface area contributed by atoms with Gasteiger partial charge in [0.05, 0.1) is 17.4 Å². The van der Waals surface area contributed by atoms with Gasteiger partial charge in [-0.2, -0.15) is 4.31 Å². The molecule has 7 heteroatoms. The first kappa shape index (κ1) is 20.9. The predicted molar refractivity (Wildman–Crippen MR) is 108 cm³/mol. The van der Waals surface area contributed by atoms with Crippen molar-refractivity contribution in [3.8, 4) is 0 Å². The van der Waals surface area contributed by atoms with E-state index < -0.39 is 10.0 Å². The monoisotopic (exact) mass is 389 g/mol. The van der Waals surface area contributed by atoms with Crippen LogP contribution in [0.25, 0.3) is 0 Å². The highest BCUT2D eigenvalue weighted by Gasteiger charge is 2.21. The number of rotatable bonds is 8. The zero-order chi connectivity index (χ0) is 20.0. The van der Waals surface area contributed by atoms with Crippen molar-refractivity contribution in [2.24, 2.45) is 0 Å². The normalized spacial score (nSPS) is 12.7. The van der Waals surface area contributed by atoms with Gasteiger partial charge in [0.15, 0.2) is 0 Å². The number of nitrogens with one attached hydrogen (secondary N) is 1. The van der Waals surface area contributed by atoms with Gasteiger partial charge >= 0.3 is 0 Å². The molecule has 0 aliphatic rings. The van der Waals surface area contributed by atoms with Crippen LogP contribution in [0.5, 0.6) is 0 Å². The standard InChI is InChI=1S/C20H27N3O3S/c1-4-23(5-2)27(25,26)19-12-8-17(9-13-19)15(3)22-20(24)14-16-6-10-18(21)11-7-16/h6-13,15H,4-5,14,21H2,1-3H3,(H,22,24). The van der Waals surface area contributed by atoms with Crippen molar-refractivity contribution in [1.29, 1.82) is 0 Å². The molecule has 0 spiro atoms. The van der Waals surface area contributed by atoms with Gasteiger partial charge in [0.2, 0.25) is 15.9 Å². The minimum atomic E-state index is -3.48. The lowest BCUT2D eigenvalue weighted by molar-refractivity contribution is -0.121. The van der Waals surface area contributed by atoms with Crippen molar-refractivity contribution in [3.05, 3.63) is 59.7 Å². The Morgan fingerprint density at radius 1 is 1.04 bits per heavy atom. The first-order chi connectivity index (χ1) is 12.8. The lowest BCUT2D eigenvalue weighted by Crippen LogP contribution is -2.30. The smallest absolute Gasteiger partial charge is 0.243 e. The Morgan fingerprint density at radius 2 is 1.59 bits per heavy atom. The molecular weight excluding hydrogens is 362 g/mol. The second kappa shape index (κ2) is 9.01. The number of nitrogens with two attached hydrogens (primary N) is 1. The van der Waals surface area contributed by atoms with Crippen LogP contribution in [0.1, 0.15) is 37.9 Å². The Bertz CT molecular complexity index is 858. The summed E-state index contributed by atoms with van der Waals surface area (Å²) in [5, 5.41) is 2.93. The third kappa shape index (κ3) is 5.30. The molecular formula is C20H27N3O3S. The molecule has 6 nitrogen and oxygen atoms in total. The molecule has 0 heterocycles. The van der Waals surface area contributed by atoms with Crippen molar-refractivity contribution in [2.75, 3.05) is 18.8 Å². The Balaban J connectivity index is 2.03. The third-order valence-corrected chi connectivity index (χ3v) is 6.51. The van der Waals surface area contributed by atoms with E-state index in [-0.39, 0.29) is 23.3 Å². The van der Waals surface area contributed by atoms with Gasteiger partial charge in [0, 0.05) is 18.8 Å². The number of hydrogen-bond donors (Lipinski definition) is 2. The molecule has 0 bridgehead atoms. The van der Waals surface area contributed by atoms with E-state index >= 15 is 0 Å². The molecule has 3 N–H and O–H groups in total. The van der Waals surface area contributed by atoms with E-state index in [9.17, 15) is 13.2 Å². The zero-order valence-electron chi connectivity index (χ0n) is 16.0. The summed E-state index contributed by atoms with van der Waals surface area (Å²) >= 11 is 0. The van der Waals surface area contributed by atoms with Gasteiger partial charge in [-0.25, -0.2) is 8.42 Å². The highest BCUT2D eigenvalue weighted by Crippen LogP contribution is 2.19. The van der Waals surface area contributed by atoms with Gasteiger partial charge in [0.1, 0.15) is 0 Å². The Labute approximate surface area is 161 Å². The van der Waals surface area contributed by atoms with Crippen LogP contribution in [0.2, 0.25) is 0 Å². The van der Waals surface area contributed by atoms with E-state index in [1.54, 1.807) is 36.4 Å². The van der Waals surface area contributed by atoms with Crippen molar-refractivity contribution < 1.29 is 13.2 Å². The fourth-order valence-electron chi connectivity index (χ4n) is 2.84. The Hall–Kier alpha value is -2.38. The molecule has 2 aromatic carbocycles. The summed E-state index contributed by atoms with van der Waals surface area (Å²) in [4.78, 5) is 12.5. The lowest BCUT2D eigenvalue weighted by atomic mass is 10.1. The summed E-state index contributed by atoms with van der Waals surface area (Å²) in [6.45, 7) is 6.35. The number of nitrogen functional groups attached to an aromatic ring is 1. The molecule has 1 amide bonds. The van der Waals surface area contributed by atoms with Crippen molar-refractivity contribution in [1.82, 2.24) is 9.62 Å². The van der Waals surface area contributed by atoms with Crippen molar-refractivity contribution in [3.63, 3.8) is 0 Å². The fraction of sp³-hybridized carbons (Fsp3) is 0.350. The summed E-state index contributed by atoms with van der Waals surface area (Å²) in [6.07, 6.45) is 0.263. The highest BCUT2D eigenvalue weighted by molar-refractivity contribution is 7.89. The maximum atomic E-state index is 12.5. The number of hydrogen-bond acceptors (Lipinski definition) is 4. The molecule has 1 unspecified atom stereocenters. The second-order valence-corrected chi connectivity index (χ2v) is 8.30. The highest BCUT2D eigenvalue weighted by atomic mass is 32.2. The first-order valence-electron chi connectivity index (χ1n) is 9.01. The van der Waals surface area contributed by atoms with Crippen LogP contribution >= 0.6 is 0 Å². The van der Waals surface area contributed by atoms with Gasteiger partial charge in [-0.15, -0.1) is 0 Å². The number of nitrogens with zero attached hydrogens (tertiary/aromatic N) is 1. The molecule has 0 aromatic heterocycles. The lowest BCUT2D eigenvalue weighted by Gasteiger charge is -2.19. The molecule has 0 aliphatic heterocycles. The maximum absolute atomic E-state index is 12.5. The average molecular weight is 390 g/mol. The molecule has 0 radical (unpaired) electrons. The van der Waals surface area contributed by atoms with Crippen LogP contribution in [0.3, 0.4) is 0 Å². The number of carbonyl (C=O) groups is 1. The Kier molecular flexibility index (Phi) is 6.98. The average Bonchev–Trinajstić information content (AvgIpc) is 2.64. The fourth-order valence-corrected chi connectivity index (χ4v) is 4.30. The predicted octanol–water partition coefficient (Wildman–Crippen LogP) is 2.72. The summed E-state index contributed by atoms with van der Waals surface area (Å²) in [6, 6.07) is 13.6. The van der Waals surface area contributed by atoms with E-state index in [1.807, 2.05) is 32.9 Å². The SMILES string of the molecule is CCN(CC)S(=O)(=O)c1ccc(C(C)NC(=O)Cc2ccc(N)cc2)cc1.